The molecule has 1 aromatic carbocycles. The van der Waals surface area contributed by atoms with E-state index in [0.29, 0.717) is 11.6 Å². The number of nitrogens with zero attached hydrogens (tertiary/aromatic N) is 2. The Kier molecular flexibility index (Phi) is 3.40. The van der Waals surface area contributed by atoms with Crippen molar-refractivity contribution in [3.05, 3.63) is 28.3 Å². The summed E-state index contributed by atoms with van der Waals surface area (Å²) in [7, 11) is 3.79. The normalized spacial score (nSPS) is 14.3. The topological polar surface area (TPSA) is 23.6 Å². The molecule has 0 fully saturated rings. The number of carbonyl (C=O) groups excluding carboxylic acids is 1. The number of anilines is 1. The highest BCUT2D eigenvalue weighted by Crippen LogP contribution is 2.37. The Morgan fingerprint density at radius 3 is 2.82 bits per heavy atom. The number of amides is 1. The van der Waals surface area contributed by atoms with E-state index in [-0.39, 0.29) is 5.91 Å². The molecule has 0 saturated heterocycles. The minimum Gasteiger partial charge on any atom is -0.309 e. The Morgan fingerprint density at radius 1 is 1.47 bits per heavy atom. The predicted molar refractivity (Wildman–Crippen MR) is 70.8 cm³/mol. The molecule has 0 bridgehead atoms. The number of carbonyl (C=O) groups is 1. The lowest BCUT2D eigenvalue weighted by atomic mass is 10.1. The second-order valence-corrected chi connectivity index (χ2v) is 5.13. The highest BCUT2D eigenvalue weighted by atomic mass is 35.5. The molecule has 1 amide bonds. The summed E-state index contributed by atoms with van der Waals surface area (Å²) in [6.07, 6.45) is 0.904. The highest BCUT2D eigenvalue weighted by molar-refractivity contribution is 6.34. The van der Waals surface area contributed by atoms with Crippen molar-refractivity contribution in [3.63, 3.8) is 0 Å². The van der Waals surface area contributed by atoms with Crippen LogP contribution in [0.2, 0.25) is 5.02 Å². The number of rotatable bonds is 2. The predicted octanol–water partition coefficient (Wildman–Crippen LogP) is 2.10. The van der Waals surface area contributed by atoms with Gasteiger partial charge in [-0.3, -0.25) is 4.79 Å². The molecule has 0 atom stereocenters. The summed E-state index contributed by atoms with van der Waals surface area (Å²) in [6.45, 7) is 3.23. The Hall–Kier alpha value is -1.06. The van der Waals surface area contributed by atoms with Crippen LogP contribution in [0.3, 0.4) is 0 Å². The molecule has 4 heteroatoms. The van der Waals surface area contributed by atoms with E-state index in [1.54, 1.807) is 0 Å². The molecule has 1 aliphatic heterocycles. The molecule has 3 nitrogen and oxygen atoms in total. The zero-order chi connectivity index (χ0) is 12.6. The molecule has 92 valence electrons. The average Bonchev–Trinajstić information content (AvgIpc) is 2.68. The zero-order valence-electron chi connectivity index (χ0n) is 10.5. The van der Waals surface area contributed by atoms with Gasteiger partial charge >= 0.3 is 0 Å². The Balaban J connectivity index is 2.33. The molecular formula is C13H17ClN2O. The van der Waals surface area contributed by atoms with E-state index in [0.717, 1.165) is 18.7 Å². The summed E-state index contributed by atoms with van der Waals surface area (Å²) in [5.74, 6) is 0.112. The Bertz CT molecular complexity index is 457. The molecule has 0 unspecified atom stereocenters. The number of benzene rings is 1. The fourth-order valence-corrected chi connectivity index (χ4v) is 2.54. The molecule has 0 N–H and O–H groups in total. The van der Waals surface area contributed by atoms with Crippen molar-refractivity contribution in [2.45, 2.75) is 13.3 Å². The van der Waals surface area contributed by atoms with Gasteiger partial charge in [0.1, 0.15) is 0 Å². The first kappa shape index (κ1) is 12.4. The minimum atomic E-state index is 0.112. The lowest BCUT2D eigenvalue weighted by Crippen LogP contribution is -2.36. The monoisotopic (exact) mass is 252 g/mol. The first-order valence-corrected chi connectivity index (χ1v) is 6.11. The first-order chi connectivity index (χ1) is 8.00. The van der Waals surface area contributed by atoms with Crippen molar-refractivity contribution >= 4 is 23.2 Å². The zero-order valence-corrected chi connectivity index (χ0v) is 11.2. The molecule has 0 saturated carbocycles. The summed E-state index contributed by atoms with van der Waals surface area (Å²) in [6, 6.07) is 3.89. The summed E-state index contributed by atoms with van der Waals surface area (Å²) >= 11 is 6.21. The molecule has 0 radical (unpaired) electrons. The van der Waals surface area contributed by atoms with Gasteiger partial charge in [-0.15, -0.1) is 0 Å². The Morgan fingerprint density at radius 2 is 2.18 bits per heavy atom. The average molecular weight is 253 g/mol. The van der Waals surface area contributed by atoms with Crippen molar-refractivity contribution in [2.24, 2.45) is 0 Å². The molecule has 1 aromatic rings. The van der Waals surface area contributed by atoms with E-state index in [9.17, 15) is 4.79 Å². The van der Waals surface area contributed by atoms with Crippen LogP contribution >= 0.6 is 11.6 Å². The second kappa shape index (κ2) is 4.67. The van der Waals surface area contributed by atoms with Crippen molar-refractivity contribution < 1.29 is 4.79 Å². The molecule has 2 rings (SSSR count). The van der Waals surface area contributed by atoms with Crippen LogP contribution in [0.5, 0.6) is 0 Å². The van der Waals surface area contributed by atoms with Crippen molar-refractivity contribution in [3.8, 4) is 0 Å². The minimum absolute atomic E-state index is 0.112. The van der Waals surface area contributed by atoms with Crippen LogP contribution in [0.25, 0.3) is 0 Å². The molecule has 0 aliphatic carbocycles. The summed E-state index contributed by atoms with van der Waals surface area (Å²) < 4.78 is 0. The van der Waals surface area contributed by atoms with Gasteiger partial charge in [-0.2, -0.15) is 0 Å². The third kappa shape index (κ3) is 2.31. The Labute approximate surface area is 107 Å². The second-order valence-electron chi connectivity index (χ2n) is 4.72. The van der Waals surface area contributed by atoms with E-state index < -0.39 is 0 Å². The van der Waals surface area contributed by atoms with Gasteiger partial charge in [0.2, 0.25) is 5.91 Å². The van der Waals surface area contributed by atoms with E-state index in [2.05, 4.69) is 6.92 Å². The van der Waals surface area contributed by atoms with Gasteiger partial charge in [-0.05, 0) is 44.6 Å². The maximum atomic E-state index is 12.1. The maximum Gasteiger partial charge on any atom is 0.241 e. The third-order valence-corrected chi connectivity index (χ3v) is 3.38. The van der Waals surface area contributed by atoms with Gasteiger partial charge < -0.3 is 9.80 Å². The summed E-state index contributed by atoms with van der Waals surface area (Å²) in [5.41, 5.74) is 3.34. The van der Waals surface area contributed by atoms with Crippen LogP contribution < -0.4 is 4.90 Å². The molecule has 1 heterocycles. The van der Waals surface area contributed by atoms with Crippen LogP contribution in [-0.2, 0) is 11.2 Å². The molecule has 0 aromatic heterocycles. The van der Waals surface area contributed by atoms with Crippen molar-refractivity contribution in [1.29, 1.82) is 0 Å². The van der Waals surface area contributed by atoms with Gasteiger partial charge in [0.05, 0.1) is 17.3 Å². The number of hydrogen-bond acceptors (Lipinski definition) is 2. The first-order valence-electron chi connectivity index (χ1n) is 5.73. The summed E-state index contributed by atoms with van der Waals surface area (Å²) in [5, 5.41) is 0.676. The van der Waals surface area contributed by atoms with Crippen molar-refractivity contribution in [2.75, 3.05) is 32.1 Å². The number of likely N-dealkylation sites (N-methyl/N-ethyl adjacent to an activating group) is 1. The molecular weight excluding hydrogens is 236 g/mol. The van der Waals surface area contributed by atoms with Gasteiger partial charge in [-0.1, -0.05) is 17.7 Å². The van der Waals surface area contributed by atoms with E-state index in [4.69, 9.17) is 11.6 Å². The fraction of sp³-hybridized carbons (Fsp3) is 0.462. The quantitative estimate of drug-likeness (QED) is 0.805. The fourth-order valence-electron chi connectivity index (χ4n) is 2.26. The third-order valence-electron chi connectivity index (χ3n) is 3.08. The lowest BCUT2D eigenvalue weighted by molar-refractivity contribution is -0.119. The van der Waals surface area contributed by atoms with E-state index in [1.807, 2.05) is 36.0 Å². The SMILES string of the molecule is Cc1ccc(Cl)c2c1CCN2C(=O)CN(C)C. The number of aryl methyl sites for hydroxylation is 1. The maximum absolute atomic E-state index is 12.1. The van der Waals surface area contributed by atoms with Crippen LogP contribution in [0.4, 0.5) is 5.69 Å². The number of hydrogen-bond donors (Lipinski definition) is 0. The van der Waals surface area contributed by atoms with Gasteiger partial charge in [0.15, 0.2) is 0 Å². The van der Waals surface area contributed by atoms with Crippen LogP contribution in [-0.4, -0.2) is 38.0 Å². The molecule has 17 heavy (non-hydrogen) atoms. The van der Waals surface area contributed by atoms with Crippen LogP contribution in [0.15, 0.2) is 12.1 Å². The van der Waals surface area contributed by atoms with Gasteiger partial charge in [-0.25, -0.2) is 0 Å². The highest BCUT2D eigenvalue weighted by Gasteiger charge is 2.28. The number of fused-ring (bicyclic) bond motifs is 1. The largest absolute Gasteiger partial charge is 0.309 e. The van der Waals surface area contributed by atoms with E-state index >= 15 is 0 Å². The standard InChI is InChI=1S/C13H17ClN2O/c1-9-4-5-11(14)13-10(9)6-7-16(13)12(17)8-15(2)3/h4-5H,6-8H2,1-3H3. The van der Waals surface area contributed by atoms with Gasteiger partial charge in [0.25, 0.3) is 0 Å². The van der Waals surface area contributed by atoms with Crippen LogP contribution in [0.1, 0.15) is 11.1 Å². The van der Waals surface area contributed by atoms with Crippen molar-refractivity contribution in [1.82, 2.24) is 4.90 Å². The number of halogens is 1. The van der Waals surface area contributed by atoms with Crippen LogP contribution in [0, 0.1) is 6.92 Å². The summed E-state index contributed by atoms with van der Waals surface area (Å²) in [4.78, 5) is 15.8. The van der Waals surface area contributed by atoms with Gasteiger partial charge in [0, 0.05) is 6.54 Å². The smallest absolute Gasteiger partial charge is 0.241 e. The lowest BCUT2D eigenvalue weighted by Gasteiger charge is -2.21. The van der Waals surface area contributed by atoms with E-state index in [1.165, 1.54) is 11.1 Å². The molecule has 1 aliphatic rings. The molecule has 0 spiro atoms.